The van der Waals surface area contributed by atoms with Crippen LogP contribution in [0, 0.1) is 11.7 Å². The van der Waals surface area contributed by atoms with Crippen LogP contribution in [-0.2, 0) is 14.3 Å². The fraction of sp³-hybridized carbons (Fsp3) is 0.667. The Morgan fingerprint density at radius 3 is 2.69 bits per heavy atom. The molecule has 1 aliphatic carbocycles. The molecule has 1 saturated carbocycles. The largest absolute Gasteiger partial charge is 0.383 e. The number of piperidine rings is 1. The number of carbonyl (C=O) groups is 2. The van der Waals surface area contributed by atoms with Crippen molar-refractivity contribution in [2.75, 3.05) is 51.3 Å². The third kappa shape index (κ3) is 5.30. The van der Waals surface area contributed by atoms with Gasteiger partial charge in [0, 0.05) is 57.0 Å². The zero-order valence-electron chi connectivity index (χ0n) is 18.9. The first kappa shape index (κ1) is 23.1. The summed E-state index contributed by atoms with van der Waals surface area (Å²) in [5.74, 6) is -0.847. The van der Waals surface area contributed by atoms with Gasteiger partial charge >= 0.3 is 0 Å². The number of ketones is 1. The van der Waals surface area contributed by atoms with E-state index in [1.165, 1.54) is 18.9 Å². The second-order valence-corrected chi connectivity index (χ2v) is 9.55. The second kappa shape index (κ2) is 10.3. The van der Waals surface area contributed by atoms with Gasteiger partial charge in [-0.25, -0.2) is 4.39 Å². The molecule has 0 aromatic heterocycles. The molecule has 3 N–H and O–H groups in total. The zero-order chi connectivity index (χ0) is 22.7. The number of hydrogen-bond acceptors (Lipinski definition) is 6. The lowest BCUT2D eigenvalue weighted by molar-refractivity contribution is -0.131. The van der Waals surface area contributed by atoms with Crippen molar-refractivity contribution in [2.45, 2.75) is 50.1 Å². The minimum Gasteiger partial charge on any atom is -0.383 e. The summed E-state index contributed by atoms with van der Waals surface area (Å²) in [7, 11) is 1.72. The molecule has 1 unspecified atom stereocenters. The van der Waals surface area contributed by atoms with Gasteiger partial charge in [0.25, 0.3) is 0 Å². The van der Waals surface area contributed by atoms with Gasteiger partial charge in [-0.3, -0.25) is 14.5 Å². The molecule has 1 aromatic rings. The van der Waals surface area contributed by atoms with Gasteiger partial charge < -0.3 is 20.7 Å². The average molecular weight is 447 g/mol. The molecular formula is C24H35FN4O3. The summed E-state index contributed by atoms with van der Waals surface area (Å²) < 4.78 is 20.5. The number of Topliss-reactive ketones (excluding diaryl/α,β-unsaturated/α-hetero) is 1. The van der Waals surface area contributed by atoms with E-state index in [2.05, 4.69) is 15.1 Å². The van der Waals surface area contributed by atoms with Gasteiger partial charge in [0.1, 0.15) is 5.82 Å². The maximum absolute atomic E-state index is 15.0. The molecule has 2 aliphatic heterocycles. The summed E-state index contributed by atoms with van der Waals surface area (Å²) in [5, 5.41) is 2.55. The van der Waals surface area contributed by atoms with Crippen LogP contribution in [0.25, 0.3) is 0 Å². The maximum atomic E-state index is 15.0. The van der Waals surface area contributed by atoms with Crippen LogP contribution in [0.5, 0.6) is 0 Å². The molecular weight excluding hydrogens is 411 g/mol. The molecule has 32 heavy (non-hydrogen) atoms. The van der Waals surface area contributed by atoms with E-state index in [1.54, 1.807) is 13.2 Å². The normalized spacial score (nSPS) is 29.8. The number of halogens is 1. The summed E-state index contributed by atoms with van der Waals surface area (Å²) in [5.41, 5.74) is 7.16. The minimum atomic E-state index is -0.744. The van der Waals surface area contributed by atoms with Crippen LogP contribution in [-0.4, -0.2) is 75.1 Å². The van der Waals surface area contributed by atoms with E-state index in [9.17, 15) is 14.0 Å². The molecule has 0 spiro atoms. The van der Waals surface area contributed by atoms with Crippen LogP contribution < -0.4 is 16.0 Å². The van der Waals surface area contributed by atoms with E-state index in [0.717, 1.165) is 44.7 Å². The first-order valence-electron chi connectivity index (χ1n) is 11.8. The molecule has 3 aliphatic rings. The number of hydrogen-bond donors (Lipinski definition) is 2. The summed E-state index contributed by atoms with van der Waals surface area (Å²) in [6, 6.07) is 5.63. The number of anilines is 1. The van der Waals surface area contributed by atoms with Gasteiger partial charge in [-0.2, -0.15) is 0 Å². The van der Waals surface area contributed by atoms with E-state index < -0.39 is 11.7 Å². The molecule has 0 bridgehead atoms. The Labute approximate surface area is 189 Å². The fourth-order valence-electron chi connectivity index (χ4n) is 5.37. The Morgan fingerprint density at radius 1 is 1.19 bits per heavy atom. The number of rotatable bonds is 6. The Balaban J connectivity index is 1.42. The van der Waals surface area contributed by atoms with Crippen molar-refractivity contribution in [3.05, 3.63) is 29.6 Å². The van der Waals surface area contributed by atoms with E-state index in [1.807, 2.05) is 6.07 Å². The van der Waals surface area contributed by atoms with E-state index in [0.29, 0.717) is 24.1 Å². The van der Waals surface area contributed by atoms with Gasteiger partial charge in [0.15, 0.2) is 5.78 Å². The van der Waals surface area contributed by atoms with Gasteiger partial charge in [0.2, 0.25) is 5.91 Å². The summed E-state index contributed by atoms with van der Waals surface area (Å²) in [6.07, 6.45) is 4.64. The summed E-state index contributed by atoms with van der Waals surface area (Å²) in [4.78, 5) is 28.6. The molecule has 2 saturated heterocycles. The first-order chi connectivity index (χ1) is 15.4. The van der Waals surface area contributed by atoms with E-state index in [-0.39, 0.29) is 30.7 Å². The number of methoxy groups -OCH3 is 1. The molecule has 0 radical (unpaired) electrons. The highest BCUT2D eigenvalue weighted by Crippen LogP contribution is 2.30. The number of amides is 1. The number of nitrogens with zero attached hydrogens (tertiary/aromatic N) is 2. The van der Waals surface area contributed by atoms with Crippen LogP contribution in [0.2, 0.25) is 0 Å². The van der Waals surface area contributed by atoms with Crippen LogP contribution in [0.1, 0.15) is 43.6 Å². The molecule has 176 valence electrons. The van der Waals surface area contributed by atoms with Crippen molar-refractivity contribution in [3.63, 3.8) is 0 Å². The highest BCUT2D eigenvalue weighted by atomic mass is 19.1. The van der Waals surface area contributed by atoms with Gasteiger partial charge in [-0.15, -0.1) is 0 Å². The van der Waals surface area contributed by atoms with E-state index >= 15 is 0 Å². The van der Waals surface area contributed by atoms with Crippen LogP contribution in [0.15, 0.2) is 18.2 Å². The highest BCUT2D eigenvalue weighted by molar-refractivity contribution is 5.97. The van der Waals surface area contributed by atoms with Crippen LogP contribution >= 0.6 is 0 Å². The molecule has 1 amide bonds. The number of ether oxygens (including phenoxy) is 1. The van der Waals surface area contributed by atoms with Crippen molar-refractivity contribution in [1.82, 2.24) is 10.2 Å². The van der Waals surface area contributed by atoms with E-state index in [4.69, 9.17) is 10.5 Å². The van der Waals surface area contributed by atoms with Crippen LogP contribution in [0.4, 0.5) is 10.1 Å². The predicted molar refractivity (Wildman–Crippen MR) is 121 cm³/mol. The third-order valence-corrected chi connectivity index (χ3v) is 7.28. The van der Waals surface area contributed by atoms with Gasteiger partial charge in [0.05, 0.1) is 25.1 Å². The van der Waals surface area contributed by atoms with Crippen molar-refractivity contribution in [1.29, 1.82) is 0 Å². The number of nitrogens with one attached hydrogen (secondary N) is 1. The quantitative estimate of drug-likeness (QED) is 0.691. The highest BCUT2D eigenvalue weighted by Gasteiger charge is 2.33. The van der Waals surface area contributed by atoms with Crippen LogP contribution in [0.3, 0.4) is 0 Å². The summed E-state index contributed by atoms with van der Waals surface area (Å²) >= 11 is 0. The third-order valence-electron chi connectivity index (χ3n) is 7.28. The first-order valence-corrected chi connectivity index (χ1v) is 11.8. The number of carbonyl (C=O) groups excluding carboxylic acids is 2. The zero-order valence-corrected chi connectivity index (χ0v) is 18.9. The number of piperazine rings is 1. The monoisotopic (exact) mass is 446 g/mol. The number of nitrogens with two attached hydrogens (primary N) is 1. The molecule has 1 aromatic carbocycles. The molecule has 8 heteroatoms. The minimum absolute atomic E-state index is 0.0356. The predicted octanol–water partition coefficient (Wildman–Crippen LogP) is 1.65. The second-order valence-electron chi connectivity index (χ2n) is 9.55. The van der Waals surface area contributed by atoms with Crippen molar-refractivity contribution in [2.24, 2.45) is 11.7 Å². The Morgan fingerprint density at radius 2 is 1.97 bits per heavy atom. The molecule has 7 nitrogen and oxygen atoms in total. The Bertz CT molecular complexity index is 827. The Kier molecular flexibility index (Phi) is 7.43. The average Bonchev–Trinajstić information content (AvgIpc) is 2.78. The lowest BCUT2D eigenvalue weighted by Crippen LogP contribution is -2.56. The molecule has 2 heterocycles. The van der Waals surface area contributed by atoms with Crippen molar-refractivity contribution >= 4 is 17.4 Å². The molecule has 4 rings (SSSR count). The van der Waals surface area contributed by atoms with Crippen molar-refractivity contribution in [3.8, 4) is 0 Å². The topological polar surface area (TPSA) is 87.9 Å². The van der Waals surface area contributed by atoms with Crippen molar-refractivity contribution < 1.29 is 18.7 Å². The molecule has 3 fully saturated rings. The lowest BCUT2D eigenvalue weighted by atomic mass is 9.86. The summed E-state index contributed by atoms with van der Waals surface area (Å²) in [6.45, 7) is 4.21. The standard InChI is InChI=1S/C24H35FN4O3/c1-32-15-19-14-29(9-8-28(19)13-16-2-4-17(26)5-3-16)18-6-7-21(23(25)10-18)22-11-20(30)12-27-24(22)31/h6-7,10,16-17,19,22H,2-5,8-9,11-15,26H2,1H3,(H,27,31)/t16?,17?,19-,22?/m1/s1. The number of benzene rings is 1. The lowest BCUT2D eigenvalue weighted by Gasteiger charge is -2.44. The fourth-order valence-corrected chi connectivity index (χ4v) is 5.37. The SMILES string of the molecule is COC[C@H]1CN(c2ccc(C3CC(=O)CNC3=O)c(F)c2)CCN1CC1CCC(N)CC1. The maximum Gasteiger partial charge on any atom is 0.228 e. The van der Waals surface area contributed by atoms with Gasteiger partial charge in [-0.1, -0.05) is 6.07 Å². The Hall–Kier alpha value is -2.03. The molecule has 2 atom stereocenters. The van der Waals surface area contributed by atoms with Gasteiger partial charge in [-0.05, 0) is 43.7 Å². The smallest absolute Gasteiger partial charge is 0.228 e.